The lowest BCUT2D eigenvalue weighted by Gasteiger charge is -2.11. The molecule has 0 aliphatic rings. The van der Waals surface area contributed by atoms with Gasteiger partial charge in [-0.15, -0.1) is 0 Å². The van der Waals surface area contributed by atoms with Crippen LogP contribution in [0.2, 0.25) is 0 Å². The van der Waals surface area contributed by atoms with Crippen LogP contribution in [0.15, 0.2) is 46.9 Å². The summed E-state index contributed by atoms with van der Waals surface area (Å²) in [6.07, 6.45) is -0.130. The number of carboxylic acids is 1. The largest absolute Gasteiger partial charge is 0.481 e. The molecule has 0 atom stereocenters. The molecule has 0 unspecified atom stereocenters. The standard InChI is InChI=1S/C15H10BrNO3/c16-12-5-6-14(11(7-12)9-17)20-13-4-2-1-3-10(13)8-15(18)19/h1-7H,8H2,(H,18,19). The van der Waals surface area contributed by atoms with Crippen LogP contribution in [0.1, 0.15) is 11.1 Å². The molecule has 1 N–H and O–H groups in total. The van der Waals surface area contributed by atoms with Crippen LogP contribution in [0.4, 0.5) is 0 Å². The molecule has 0 amide bonds. The number of nitriles is 1. The summed E-state index contributed by atoms with van der Waals surface area (Å²) in [5.74, 6) is -0.0976. The summed E-state index contributed by atoms with van der Waals surface area (Å²) in [5, 5.41) is 18.0. The quantitative estimate of drug-likeness (QED) is 0.926. The van der Waals surface area contributed by atoms with E-state index in [1.807, 2.05) is 6.07 Å². The maximum absolute atomic E-state index is 10.8. The van der Waals surface area contributed by atoms with Crippen molar-refractivity contribution in [3.05, 3.63) is 58.1 Å². The molecule has 0 radical (unpaired) electrons. The third kappa shape index (κ3) is 3.37. The van der Waals surface area contributed by atoms with Crippen molar-refractivity contribution in [1.29, 1.82) is 5.26 Å². The minimum atomic E-state index is -0.933. The van der Waals surface area contributed by atoms with Gasteiger partial charge in [0.1, 0.15) is 17.6 Å². The van der Waals surface area contributed by atoms with Crippen molar-refractivity contribution in [2.75, 3.05) is 0 Å². The molecule has 0 saturated carbocycles. The van der Waals surface area contributed by atoms with Gasteiger partial charge in [0.05, 0.1) is 12.0 Å². The summed E-state index contributed by atoms with van der Waals surface area (Å²) >= 11 is 3.29. The first-order valence-electron chi connectivity index (χ1n) is 5.77. The van der Waals surface area contributed by atoms with Crippen molar-refractivity contribution in [3.63, 3.8) is 0 Å². The smallest absolute Gasteiger partial charge is 0.307 e. The van der Waals surface area contributed by atoms with Gasteiger partial charge in [-0.1, -0.05) is 34.1 Å². The molecule has 0 fully saturated rings. The molecule has 0 aliphatic heterocycles. The summed E-state index contributed by atoms with van der Waals surface area (Å²) in [6.45, 7) is 0. The van der Waals surface area contributed by atoms with Crippen LogP contribution >= 0.6 is 15.9 Å². The van der Waals surface area contributed by atoms with E-state index in [1.165, 1.54) is 0 Å². The van der Waals surface area contributed by atoms with Crippen molar-refractivity contribution in [2.45, 2.75) is 6.42 Å². The number of ether oxygens (including phenoxy) is 1. The Balaban J connectivity index is 2.36. The van der Waals surface area contributed by atoms with Crippen LogP contribution in [-0.4, -0.2) is 11.1 Å². The molecule has 0 heterocycles. The lowest BCUT2D eigenvalue weighted by Crippen LogP contribution is -2.02. The van der Waals surface area contributed by atoms with Gasteiger partial charge >= 0.3 is 5.97 Å². The maximum atomic E-state index is 10.8. The van der Waals surface area contributed by atoms with Gasteiger partial charge in [-0.2, -0.15) is 5.26 Å². The first-order chi connectivity index (χ1) is 9.60. The number of hydrogen-bond acceptors (Lipinski definition) is 3. The molecule has 0 bridgehead atoms. The maximum Gasteiger partial charge on any atom is 0.307 e. The minimum Gasteiger partial charge on any atom is -0.481 e. The predicted octanol–water partition coefficient (Wildman–Crippen LogP) is 3.74. The average molecular weight is 332 g/mol. The second-order valence-electron chi connectivity index (χ2n) is 4.03. The highest BCUT2D eigenvalue weighted by Crippen LogP contribution is 2.29. The van der Waals surface area contributed by atoms with Crippen LogP contribution < -0.4 is 4.74 Å². The minimum absolute atomic E-state index is 0.130. The Kier molecular flexibility index (Phi) is 4.38. The molecule has 0 spiro atoms. The zero-order chi connectivity index (χ0) is 14.5. The fourth-order valence-corrected chi connectivity index (χ4v) is 2.07. The van der Waals surface area contributed by atoms with Gasteiger partial charge in [0.15, 0.2) is 0 Å². The van der Waals surface area contributed by atoms with Crippen LogP contribution in [0.25, 0.3) is 0 Å². The number of benzene rings is 2. The Hall–Kier alpha value is -2.32. The molecule has 0 saturated heterocycles. The van der Waals surface area contributed by atoms with Gasteiger partial charge in [0.2, 0.25) is 0 Å². The Morgan fingerprint density at radius 3 is 2.70 bits per heavy atom. The topological polar surface area (TPSA) is 70.3 Å². The van der Waals surface area contributed by atoms with E-state index in [-0.39, 0.29) is 6.42 Å². The molecule has 0 aromatic heterocycles. The van der Waals surface area contributed by atoms with E-state index in [2.05, 4.69) is 15.9 Å². The van der Waals surface area contributed by atoms with Gasteiger partial charge in [0.25, 0.3) is 0 Å². The Morgan fingerprint density at radius 1 is 1.25 bits per heavy atom. The van der Waals surface area contributed by atoms with Crippen LogP contribution in [0, 0.1) is 11.3 Å². The Labute approximate surface area is 124 Å². The summed E-state index contributed by atoms with van der Waals surface area (Å²) in [7, 11) is 0. The molecular weight excluding hydrogens is 322 g/mol. The summed E-state index contributed by atoms with van der Waals surface area (Å²) < 4.78 is 6.46. The van der Waals surface area contributed by atoms with Crippen molar-refractivity contribution in [1.82, 2.24) is 0 Å². The highest BCUT2D eigenvalue weighted by Gasteiger charge is 2.10. The molecule has 0 aliphatic carbocycles. The first-order valence-corrected chi connectivity index (χ1v) is 6.56. The lowest BCUT2D eigenvalue weighted by atomic mass is 10.1. The van der Waals surface area contributed by atoms with Crippen LogP contribution in [-0.2, 0) is 11.2 Å². The SMILES string of the molecule is N#Cc1cc(Br)ccc1Oc1ccccc1CC(=O)O. The number of para-hydroxylation sites is 1. The van der Waals surface area contributed by atoms with Gasteiger partial charge in [0, 0.05) is 10.0 Å². The number of halogens is 1. The van der Waals surface area contributed by atoms with E-state index in [0.29, 0.717) is 22.6 Å². The zero-order valence-corrected chi connectivity index (χ0v) is 11.9. The second kappa shape index (κ2) is 6.22. The third-order valence-corrected chi connectivity index (χ3v) is 3.09. The Bertz CT molecular complexity index is 692. The van der Waals surface area contributed by atoms with E-state index in [1.54, 1.807) is 42.5 Å². The molecular formula is C15H10BrNO3. The molecule has 20 heavy (non-hydrogen) atoms. The van der Waals surface area contributed by atoms with Gasteiger partial charge in [-0.25, -0.2) is 0 Å². The number of nitrogens with zero attached hydrogens (tertiary/aromatic N) is 1. The van der Waals surface area contributed by atoms with Gasteiger partial charge in [-0.3, -0.25) is 4.79 Å². The first kappa shape index (κ1) is 14.1. The van der Waals surface area contributed by atoms with Crippen molar-refractivity contribution < 1.29 is 14.6 Å². The van der Waals surface area contributed by atoms with E-state index in [4.69, 9.17) is 15.1 Å². The average Bonchev–Trinajstić information content (AvgIpc) is 2.42. The molecule has 4 nitrogen and oxygen atoms in total. The summed E-state index contributed by atoms with van der Waals surface area (Å²) in [6, 6.07) is 14.0. The number of aliphatic carboxylic acids is 1. The summed E-state index contributed by atoms with van der Waals surface area (Å²) in [4.78, 5) is 10.8. The number of carboxylic acid groups (broad SMARTS) is 1. The lowest BCUT2D eigenvalue weighted by molar-refractivity contribution is -0.136. The molecule has 2 rings (SSSR count). The van der Waals surface area contributed by atoms with E-state index in [0.717, 1.165) is 4.47 Å². The second-order valence-corrected chi connectivity index (χ2v) is 4.95. The molecule has 2 aromatic rings. The number of hydrogen-bond donors (Lipinski definition) is 1. The van der Waals surface area contributed by atoms with E-state index < -0.39 is 5.97 Å². The van der Waals surface area contributed by atoms with Gasteiger partial charge in [-0.05, 0) is 24.3 Å². The highest BCUT2D eigenvalue weighted by atomic mass is 79.9. The summed E-state index contributed by atoms with van der Waals surface area (Å²) in [5.41, 5.74) is 0.941. The van der Waals surface area contributed by atoms with E-state index >= 15 is 0 Å². The van der Waals surface area contributed by atoms with E-state index in [9.17, 15) is 4.79 Å². The third-order valence-electron chi connectivity index (χ3n) is 2.60. The van der Waals surface area contributed by atoms with Gasteiger partial charge < -0.3 is 9.84 Å². The monoisotopic (exact) mass is 331 g/mol. The van der Waals surface area contributed by atoms with Crippen molar-refractivity contribution in [3.8, 4) is 17.6 Å². The number of rotatable bonds is 4. The predicted molar refractivity (Wildman–Crippen MR) is 76.7 cm³/mol. The highest BCUT2D eigenvalue weighted by molar-refractivity contribution is 9.10. The normalized spacial score (nSPS) is 9.80. The van der Waals surface area contributed by atoms with Crippen LogP contribution in [0.3, 0.4) is 0 Å². The van der Waals surface area contributed by atoms with Crippen LogP contribution in [0.5, 0.6) is 11.5 Å². The zero-order valence-electron chi connectivity index (χ0n) is 10.3. The fraction of sp³-hybridized carbons (Fsp3) is 0.0667. The van der Waals surface area contributed by atoms with Crippen molar-refractivity contribution in [2.24, 2.45) is 0 Å². The molecule has 5 heteroatoms. The molecule has 2 aromatic carbocycles. The van der Waals surface area contributed by atoms with Crippen molar-refractivity contribution >= 4 is 21.9 Å². The fourth-order valence-electron chi connectivity index (χ4n) is 1.71. The number of carbonyl (C=O) groups is 1. The molecule has 100 valence electrons. The Morgan fingerprint density at radius 2 is 2.00 bits per heavy atom.